The first-order valence-electron chi connectivity index (χ1n) is 6.83. The second kappa shape index (κ2) is 8.34. The second-order valence-corrected chi connectivity index (χ2v) is 8.06. The van der Waals surface area contributed by atoms with E-state index in [1.54, 1.807) is 11.3 Å². The summed E-state index contributed by atoms with van der Waals surface area (Å²) in [7, 11) is -3.23. The predicted molar refractivity (Wildman–Crippen MR) is 87.0 cm³/mol. The van der Waals surface area contributed by atoms with Crippen molar-refractivity contribution in [3.8, 4) is 0 Å². The maximum atomic E-state index is 12.1. The highest BCUT2D eigenvalue weighted by molar-refractivity contribution is 7.89. The van der Waals surface area contributed by atoms with Gasteiger partial charge in [-0.3, -0.25) is 0 Å². The third-order valence-corrected chi connectivity index (χ3v) is 6.09. The van der Waals surface area contributed by atoms with Gasteiger partial charge in [-0.15, -0.1) is 23.7 Å². The molecule has 7 heteroatoms. The van der Waals surface area contributed by atoms with Crippen molar-refractivity contribution in [2.24, 2.45) is 11.7 Å². The summed E-state index contributed by atoms with van der Waals surface area (Å²) < 4.78 is 27.0. The number of nitrogens with two attached hydrogens (primary N) is 1. The van der Waals surface area contributed by atoms with Crippen molar-refractivity contribution in [1.29, 1.82) is 0 Å². The van der Waals surface area contributed by atoms with E-state index in [9.17, 15) is 8.42 Å². The maximum absolute atomic E-state index is 12.1. The quantitative estimate of drug-likeness (QED) is 0.800. The molecule has 0 bridgehead atoms. The SMILES string of the molecule is Cl.NCC(NS(=O)(=O)CCc1cccs1)C1CCCC1. The second-order valence-electron chi connectivity index (χ2n) is 5.15. The van der Waals surface area contributed by atoms with Crippen LogP contribution in [0.5, 0.6) is 0 Å². The van der Waals surface area contributed by atoms with Crippen LogP contribution < -0.4 is 10.5 Å². The van der Waals surface area contributed by atoms with Crippen LogP contribution in [0.3, 0.4) is 0 Å². The fourth-order valence-electron chi connectivity index (χ4n) is 2.68. The number of nitrogens with one attached hydrogen (secondary N) is 1. The fraction of sp³-hybridized carbons (Fsp3) is 0.692. The first-order chi connectivity index (χ1) is 9.11. The highest BCUT2D eigenvalue weighted by atomic mass is 35.5. The zero-order chi connectivity index (χ0) is 13.7. The van der Waals surface area contributed by atoms with Crippen molar-refractivity contribution in [2.45, 2.75) is 38.1 Å². The molecule has 0 saturated heterocycles. The lowest BCUT2D eigenvalue weighted by atomic mass is 9.99. The Bertz CT molecular complexity index is 471. The molecule has 0 spiro atoms. The molecule has 2 rings (SSSR count). The summed E-state index contributed by atoms with van der Waals surface area (Å²) in [6.45, 7) is 0.392. The number of sulfonamides is 1. The summed E-state index contributed by atoms with van der Waals surface area (Å²) in [5.41, 5.74) is 5.73. The molecule has 4 nitrogen and oxygen atoms in total. The molecule has 20 heavy (non-hydrogen) atoms. The highest BCUT2D eigenvalue weighted by Gasteiger charge is 2.27. The molecule has 1 aliphatic carbocycles. The van der Waals surface area contributed by atoms with Gasteiger partial charge < -0.3 is 5.73 Å². The summed E-state index contributed by atoms with van der Waals surface area (Å²) in [6, 6.07) is 3.83. The van der Waals surface area contributed by atoms with Crippen LogP contribution in [0.15, 0.2) is 17.5 Å². The van der Waals surface area contributed by atoms with E-state index >= 15 is 0 Å². The number of halogens is 1. The lowest BCUT2D eigenvalue weighted by Gasteiger charge is -2.22. The topological polar surface area (TPSA) is 72.2 Å². The fourth-order valence-corrected chi connectivity index (χ4v) is 4.87. The molecule has 1 saturated carbocycles. The summed E-state index contributed by atoms with van der Waals surface area (Å²) in [4.78, 5) is 1.11. The van der Waals surface area contributed by atoms with Gasteiger partial charge in [0.15, 0.2) is 0 Å². The van der Waals surface area contributed by atoms with Crippen LogP contribution >= 0.6 is 23.7 Å². The molecule has 0 aliphatic heterocycles. The van der Waals surface area contributed by atoms with Crippen LogP contribution in [0.2, 0.25) is 0 Å². The molecule has 1 heterocycles. The van der Waals surface area contributed by atoms with Crippen LogP contribution in [0.25, 0.3) is 0 Å². The molecule has 0 aromatic carbocycles. The van der Waals surface area contributed by atoms with E-state index in [0.717, 1.165) is 17.7 Å². The maximum Gasteiger partial charge on any atom is 0.212 e. The van der Waals surface area contributed by atoms with Gasteiger partial charge in [0, 0.05) is 17.5 Å². The van der Waals surface area contributed by atoms with Crippen molar-refractivity contribution in [3.05, 3.63) is 22.4 Å². The molecular formula is C13H23ClN2O2S2. The molecule has 116 valence electrons. The lowest BCUT2D eigenvalue weighted by Crippen LogP contribution is -2.45. The molecule has 1 atom stereocenters. The molecule has 0 radical (unpaired) electrons. The smallest absolute Gasteiger partial charge is 0.212 e. The Hall–Kier alpha value is -0.140. The normalized spacial score (nSPS) is 17.9. The van der Waals surface area contributed by atoms with Crippen LogP contribution in [-0.4, -0.2) is 26.8 Å². The number of aryl methyl sites for hydroxylation is 1. The summed E-state index contributed by atoms with van der Waals surface area (Å²) in [5.74, 6) is 0.568. The first kappa shape index (κ1) is 17.9. The molecular weight excluding hydrogens is 316 g/mol. The van der Waals surface area contributed by atoms with Gasteiger partial charge in [0.25, 0.3) is 0 Å². The Morgan fingerprint density at radius 2 is 2.10 bits per heavy atom. The molecule has 1 aromatic rings. The monoisotopic (exact) mass is 338 g/mol. The number of hydrogen-bond acceptors (Lipinski definition) is 4. The minimum absolute atomic E-state index is 0. The van der Waals surface area contributed by atoms with E-state index in [1.165, 1.54) is 12.8 Å². The van der Waals surface area contributed by atoms with Crippen molar-refractivity contribution in [2.75, 3.05) is 12.3 Å². The Morgan fingerprint density at radius 1 is 1.40 bits per heavy atom. The van der Waals surface area contributed by atoms with Crippen LogP contribution in [0.4, 0.5) is 0 Å². The largest absolute Gasteiger partial charge is 0.329 e. The van der Waals surface area contributed by atoms with Crippen LogP contribution in [0, 0.1) is 5.92 Å². The molecule has 0 amide bonds. The number of rotatable bonds is 7. The van der Waals surface area contributed by atoms with Gasteiger partial charge in [-0.1, -0.05) is 18.9 Å². The first-order valence-corrected chi connectivity index (χ1v) is 9.36. The summed E-state index contributed by atoms with van der Waals surface area (Å²) >= 11 is 1.60. The van der Waals surface area contributed by atoms with E-state index in [0.29, 0.717) is 18.9 Å². The molecule has 1 unspecified atom stereocenters. The highest BCUT2D eigenvalue weighted by Crippen LogP contribution is 2.27. The zero-order valence-corrected chi connectivity index (χ0v) is 13.9. The van der Waals surface area contributed by atoms with Crippen LogP contribution in [0.1, 0.15) is 30.6 Å². The molecule has 1 fully saturated rings. The lowest BCUT2D eigenvalue weighted by molar-refractivity contribution is 0.405. The Morgan fingerprint density at radius 3 is 2.65 bits per heavy atom. The summed E-state index contributed by atoms with van der Waals surface area (Å²) in [6.07, 6.45) is 5.15. The van der Waals surface area contributed by atoms with Crippen molar-refractivity contribution >= 4 is 33.8 Å². The average molecular weight is 339 g/mol. The van der Waals surface area contributed by atoms with Gasteiger partial charge in [0.2, 0.25) is 10.0 Å². The van der Waals surface area contributed by atoms with Gasteiger partial charge >= 0.3 is 0 Å². The van der Waals surface area contributed by atoms with Crippen LogP contribution in [-0.2, 0) is 16.4 Å². The predicted octanol–water partition coefficient (Wildman–Crippen LogP) is 2.15. The number of thiophene rings is 1. The Kier molecular flexibility index (Phi) is 7.47. The molecule has 3 N–H and O–H groups in total. The Balaban J connectivity index is 0.00000200. The zero-order valence-electron chi connectivity index (χ0n) is 11.5. The van der Waals surface area contributed by atoms with E-state index < -0.39 is 10.0 Å². The van der Waals surface area contributed by atoms with Crippen molar-refractivity contribution in [3.63, 3.8) is 0 Å². The molecule has 1 aromatic heterocycles. The summed E-state index contributed by atoms with van der Waals surface area (Å²) in [5, 5.41) is 1.97. The van der Waals surface area contributed by atoms with E-state index in [1.807, 2.05) is 17.5 Å². The standard InChI is InChI=1S/C13H22N2O2S2.ClH/c14-10-13(11-4-1-2-5-11)15-19(16,17)9-7-12-6-3-8-18-12;/h3,6,8,11,13,15H,1-2,4-5,7,9-10,14H2;1H. The van der Waals surface area contributed by atoms with Crippen molar-refractivity contribution in [1.82, 2.24) is 4.72 Å². The number of hydrogen-bond donors (Lipinski definition) is 2. The van der Waals surface area contributed by atoms with E-state index in [2.05, 4.69) is 4.72 Å². The van der Waals surface area contributed by atoms with E-state index in [4.69, 9.17) is 5.73 Å². The van der Waals surface area contributed by atoms with Gasteiger partial charge in [0.1, 0.15) is 0 Å². The van der Waals surface area contributed by atoms with Gasteiger partial charge in [-0.2, -0.15) is 0 Å². The third kappa shape index (κ3) is 5.33. The van der Waals surface area contributed by atoms with Gasteiger partial charge in [0.05, 0.1) is 5.75 Å². The van der Waals surface area contributed by atoms with Gasteiger partial charge in [-0.05, 0) is 36.6 Å². The average Bonchev–Trinajstić information content (AvgIpc) is 3.06. The van der Waals surface area contributed by atoms with E-state index in [-0.39, 0.29) is 24.2 Å². The van der Waals surface area contributed by atoms with Crippen molar-refractivity contribution < 1.29 is 8.42 Å². The van der Waals surface area contributed by atoms with Gasteiger partial charge in [-0.25, -0.2) is 13.1 Å². The minimum Gasteiger partial charge on any atom is -0.329 e. The molecule has 1 aliphatic rings. The minimum atomic E-state index is -3.23. The third-order valence-electron chi connectivity index (χ3n) is 3.75. The Labute approximate surface area is 131 Å².